The van der Waals surface area contributed by atoms with Crippen molar-refractivity contribution in [1.82, 2.24) is 10.6 Å². The summed E-state index contributed by atoms with van der Waals surface area (Å²) < 4.78 is 31.5. The van der Waals surface area contributed by atoms with Gasteiger partial charge in [-0.25, -0.2) is 13.6 Å². The number of ether oxygens (including phenoxy) is 1. The fraction of sp³-hybridized carbons (Fsp3) is 0.588. The van der Waals surface area contributed by atoms with Gasteiger partial charge in [0.2, 0.25) is 0 Å². The van der Waals surface area contributed by atoms with Crippen LogP contribution in [0.15, 0.2) is 18.2 Å². The van der Waals surface area contributed by atoms with Gasteiger partial charge in [0.1, 0.15) is 5.60 Å². The van der Waals surface area contributed by atoms with Gasteiger partial charge >= 0.3 is 6.09 Å². The molecule has 1 amide bonds. The fourth-order valence-corrected chi connectivity index (χ4v) is 1.93. The molecule has 130 valence electrons. The third-order valence-electron chi connectivity index (χ3n) is 3.13. The molecule has 1 atom stereocenters. The third kappa shape index (κ3) is 6.95. The van der Waals surface area contributed by atoms with E-state index in [0.717, 1.165) is 6.07 Å². The lowest BCUT2D eigenvalue weighted by Crippen LogP contribution is -2.51. The maximum atomic E-state index is 13.3. The predicted molar refractivity (Wildman–Crippen MR) is 86.2 cm³/mol. The molecule has 0 aliphatic carbocycles. The van der Waals surface area contributed by atoms with Gasteiger partial charge in [0.25, 0.3) is 0 Å². The van der Waals surface area contributed by atoms with E-state index in [1.165, 1.54) is 12.1 Å². The fourth-order valence-electron chi connectivity index (χ4n) is 1.93. The van der Waals surface area contributed by atoms with E-state index in [4.69, 9.17) is 4.74 Å². The minimum Gasteiger partial charge on any atom is -0.444 e. The average Bonchev–Trinajstić information content (AvgIpc) is 2.36. The maximum absolute atomic E-state index is 13.3. The topological polar surface area (TPSA) is 50.4 Å². The molecule has 0 heterocycles. The highest BCUT2D eigenvalue weighted by atomic mass is 19.2. The first-order valence-corrected chi connectivity index (χ1v) is 7.59. The van der Waals surface area contributed by atoms with Crippen molar-refractivity contribution in [1.29, 1.82) is 0 Å². The van der Waals surface area contributed by atoms with Gasteiger partial charge in [0.05, 0.1) is 5.54 Å². The maximum Gasteiger partial charge on any atom is 0.408 e. The lowest BCUT2D eigenvalue weighted by molar-refractivity contribution is 0.0471. The summed E-state index contributed by atoms with van der Waals surface area (Å²) in [5, 5.41) is 5.98. The monoisotopic (exact) mass is 328 g/mol. The Hall–Kier alpha value is -1.69. The van der Waals surface area contributed by atoms with Crippen molar-refractivity contribution in [2.75, 3.05) is 6.54 Å². The van der Waals surface area contributed by atoms with Crippen LogP contribution in [0.25, 0.3) is 0 Å². The summed E-state index contributed by atoms with van der Waals surface area (Å²) in [6, 6.07) is 3.61. The first-order valence-electron chi connectivity index (χ1n) is 7.59. The quantitative estimate of drug-likeness (QED) is 0.861. The predicted octanol–water partition coefficient (Wildman–Crippen LogP) is 3.92. The first-order chi connectivity index (χ1) is 10.4. The van der Waals surface area contributed by atoms with Crippen molar-refractivity contribution >= 4 is 6.09 Å². The molecule has 0 saturated carbocycles. The van der Waals surface area contributed by atoms with Gasteiger partial charge in [-0.1, -0.05) is 6.07 Å². The normalized spacial score (nSPS) is 13.6. The van der Waals surface area contributed by atoms with E-state index >= 15 is 0 Å². The number of halogens is 2. The Morgan fingerprint density at radius 1 is 1.17 bits per heavy atom. The molecule has 0 aliphatic rings. The number of rotatable bonds is 5. The molecule has 0 aromatic heterocycles. The molecule has 1 unspecified atom stereocenters. The van der Waals surface area contributed by atoms with Crippen LogP contribution in [0.1, 0.15) is 53.1 Å². The Morgan fingerprint density at radius 3 is 2.30 bits per heavy atom. The van der Waals surface area contributed by atoms with Gasteiger partial charge in [-0.15, -0.1) is 0 Å². The van der Waals surface area contributed by atoms with Crippen LogP contribution in [-0.4, -0.2) is 23.8 Å². The molecule has 0 aliphatic heterocycles. The summed E-state index contributed by atoms with van der Waals surface area (Å²) >= 11 is 0. The molecule has 0 bridgehead atoms. The van der Waals surface area contributed by atoms with Gasteiger partial charge in [0.15, 0.2) is 11.6 Å². The zero-order valence-corrected chi connectivity index (χ0v) is 14.6. The smallest absolute Gasteiger partial charge is 0.408 e. The zero-order chi connectivity index (χ0) is 17.8. The van der Waals surface area contributed by atoms with Crippen molar-refractivity contribution in [3.63, 3.8) is 0 Å². The molecule has 4 nitrogen and oxygen atoms in total. The molecular weight excluding hydrogens is 302 g/mol. The van der Waals surface area contributed by atoms with Crippen LogP contribution in [0.4, 0.5) is 13.6 Å². The number of carbonyl (C=O) groups is 1. The SMILES string of the molecule is CC(NCC(C)(C)NC(=O)OC(C)(C)C)c1ccc(F)c(F)c1. The molecule has 0 fully saturated rings. The Bertz CT molecular complexity index is 554. The summed E-state index contributed by atoms with van der Waals surface area (Å²) in [5.41, 5.74) is -0.487. The molecule has 6 heteroatoms. The van der Waals surface area contributed by atoms with Gasteiger partial charge in [0, 0.05) is 12.6 Å². The number of amides is 1. The van der Waals surface area contributed by atoms with Crippen LogP contribution in [0.3, 0.4) is 0 Å². The molecule has 1 rings (SSSR count). The van der Waals surface area contributed by atoms with Crippen molar-refractivity contribution in [2.24, 2.45) is 0 Å². The van der Waals surface area contributed by atoms with E-state index in [0.29, 0.717) is 12.1 Å². The summed E-state index contributed by atoms with van der Waals surface area (Å²) in [6.07, 6.45) is -0.496. The van der Waals surface area contributed by atoms with E-state index in [9.17, 15) is 13.6 Å². The zero-order valence-electron chi connectivity index (χ0n) is 14.6. The Kier molecular flexibility index (Phi) is 6.11. The molecule has 0 saturated heterocycles. The average molecular weight is 328 g/mol. The van der Waals surface area contributed by atoms with E-state index in [1.807, 2.05) is 20.8 Å². The summed E-state index contributed by atoms with van der Waals surface area (Å²) in [7, 11) is 0. The van der Waals surface area contributed by atoms with Crippen LogP contribution >= 0.6 is 0 Å². The summed E-state index contributed by atoms with van der Waals surface area (Å²) in [4.78, 5) is 11.8. The molecule has 2 N–H and O–H groups in total. The standard InChI is InChI=1S/C17H26F2N2O2/c1-11(12-7-8-13(18)14(19)9-12)20-10-17(5,6)21-15(22)23-16(2,3)4/h7-9,11,20H,10H2,1-6H3,(H,21,22). The minimum absolute atomic E-state index is 0.190. The first kappa shape index (κ1) is 19.4. The summed E-state index contributed by atoms with van der Waals surface area (Å²) in [6.45, 7) is 11.4. The van der Waals surface area contributed by atoms with E-state index in [-0.39, 0.29) is 6.04 Å². The molecular formula is C17H26F2N2O2. The molecule has 23 heavy (non-hydrogen) atoms. The lowest BCUT2D eigenvalue weighted by Gasteiger charge is -2.30. The van der Waals surface area contributed by atoms with Crippen LogP contribution in [0, 0.1) is 11.6 Å². The number of nitrogens with one attached hydrogen (secondary N) is 2. The largest absolute Gasteiger partial charge is 0.444 e. The third-order valence-corrected chi connectivity index (χ3v) is 3.13. The number of carbonyl (C=O) groups excluding carboxylic acids is 1. The number of benzene rings is 1. The lowest BCUT2D eigenvalue weighted by atomic mass is 10.0. The second kappa shape index (κ2) is 7.25. The molecule has 0 radical (unpaired) electrons. The number of hydrogen-bond donors (Lipinski definition) is 2. The van der Waals surface area contributed by atoms with E-state index < -0.39 is 28.9 Å². The highest BCUT2D eigenvalue weighted by Gasteiger charge is 2.25. The molecule has 0 spiro atoms. The highest BCUT2D eigenvalue weighted by molar-refractivity contribution is 5.68. The van der Waals surface area contributed by atoms with Crippen molar-refractivity contribution in [3.8, 4) is 0 Å². The second-order valence-corrected chi connectivity index (χ2v) is 7.29. The number of alkyl carbamates (subject to hydrolysis) is 1. The van der Waals surface area contributed by atoms with Crippen LogP contribution in [0.2, 0.25) is 0 Å². The van der Waals surface area contributed by atoms with Gasteiger partial charge in [-0.05, 0) is 59.2 Å². The number of hydrogen-bond acceptors (Lipinski definition) is 3. The van der Waals surface area contributed by atoms with E-state index in [2.05, 4.69) is 10.6 Å². The van der Waals surface area contributed by atoms with Crippen molar-refractivity contribution in [2.45, 2.75) is 58.7 Å². The summed E-state index contributed by atoms with van der Waals surface area (Å²) in [5.74, 6) is -1.74. The minimum atomic E-state index is -0.873. The van der Waals surface area contributed by atoms with Crippen LogP contribution in [-0.2, 0) is 4.74 Å². The Balaban J connectivity index is 2.57. The van der Waals surface area contributed by atoms with E-state index in [1.54, 1.807) is 20.8 Å². The van der Waals surface area contributed by atoms with Gasteiger partial charge in [-0.3, -0.25) is 0 Å². The second-order valence-electron chi connectivity index (χ2n) is 7.29. The van der Waals surface area contributed by atoms with Crippen molar-refractivity contribution in [3.05, 3.63) is 35.4 Å². The van der Waals surface area contributed by atoms with Gasteiger partial charge < -0.3 is 15.4 Å². The van der Waals surface area contributed by atoms with Crippen LogP contribution < -0.4 is 10.6 Å². The van der Waals surface area contributed by atoms with Crippen LogP contribution in [0.5, 0.6) is 0 Å². The highest BCUT2D eigenvalue weighted by Crippen LogP contribution is 2.17. The van der Waals surface area contributed by atoms with Crippen molar-refractivity contribution < 1.29 is 18.3 Å². The molecule has 1 aromatic rings. The Morgan fingerprint density at radius 2 is 1.78 bits per heavy atom. The van der Waals surface area contributed by atoms with Gasteiger partial charge in [-0.2, -0.15) is 0 Å². The molecule has 1 aromatic carbocycles. The Labute approximate surface area is 136 Å².